The average Bonchev–Trinajstić information content (AvgIpc) is 2.85. The monoisotopic (exact) mass is 303 g/mol. The fourth-order valence-corrected chi connectivity index (χ4v) is 3.45. The van der Waals surface area contributed by atoms with Crippen LogP contribution in [0.5, 0.6) is 0 Å². The van der Waals surface area contributed by atoms with Crippen molar-refractivity contribution in [3.05, 3.63) is 0 Å². The molecule has 5 nitrogen and oxygen atoms in total. The van der Waals surface area contributed by atoms with Gasteiger partial charge in [-0.2, -0.15) is 0 Å². The molecule has 0 spiro atoms. The van der Waals surface area contributed by atoms with Gasteiger partial charge in [0.15, 0.2) is 0 Å². The summed E-state index contributed by atoms with van der Waals surface area (Å²) in [6.07, 6.45) is 3.04. The third-order valence-electron chi connectivity index (χ3n) is 4.45. The number of nitrogens with one attached hydrogen (secondary N) is 1. The van der Waals surface area contributed by atoms with E-state index in [0.29, 0.717) is 25.6 Å². The Morgan fingerprint density at radius 2 is 2.15 bits per heavy atom. The molecule has 0 radical (unpaired) electrons. The molecule has 3 N–H and O–H groups in total. The molecule has 1 aliphatic carbocycles. The van der Waals surface area contributed by atoms with Crippen molar-refractivity contribution in [2.24, 2.45) is 23.5 Å². The van der Waals surface area contributed by atoms with E-state index in [4.69, 9.17) is 5.73 Å². The summed E-state index contributed by atoms with van der Waals surface area (Å²) in [4.78, 5) is 26.5. The second-order valence-corrected chi connectivity index (χ2v) is 6.04. The van der Waals surface area contributed by atoms with Gasteiger partial charge in [-0.1, -0.05) is 20.3 Å². The van der Waals surface area contributed by atoms with Crippen LogP contribution in [0.2, 0.25) is 0 Å². The lowest BCUT2D eigenvalue weighted by Gasteiger charge is -2.39. The SMILES string of the molecule is CC(C)C1C(=O)NCCN1C(=O)[C@@H]1CCC[C@@H]1CN.Cl. The number of carbonyl (C=O) groups excluding carboxylic acids is 2. The van der Waals surface area contributed by atoms with E-state index in [1.165, 1.54) is 0 Å². The summed E-state index contributed by atoms with van der Waals surface area (Å²) in [5.41, 5.74) is 5.76. The van der Waals surface area contributed by atoms with Crippen LogP contribution in [-0.2, 0) is 9.59 Å². The largest absolute Gasteiger partial charge is 0.353 e. The van der Waals surface area contributed by atoms with Crippen LogP contribution in [0.3, 0.4) is 0 Å². The highest BCUT2D eigenvalue weighted by molar-refractivity contribution is 5.90. The minimum absolute atomic E-state index is 0. The lowest BCUT2D eigenvalue weighted by Crippen LogP contribution is -2.60. The van der Waals surface area contributed by atoms with Crippen molar-refractivity contribution < 1.29 is 9.59 Å². The maximum absolute atomic E-state index is 12.7. The summed E-state index contributed by atoms with van der Waals surface area (Å²) in [7, 11) is 0. The first kappa shape index (κ1) is 17.2. The van der Waals surface area contributed by atoms with Gasteiger partial charge in [-0.15, -0.1) is 12.4 Å². The van der Waals surface area contributed by atoms with Crippen LogP contribution in [0.25, 0.3) is 0 Å². The predicted octanol–water partition coefficient (Wildman–Crippen LogP) is 0.766. The standard InChI is InChI=1S/C14H25N3O2.ClH/c1-9(2)12-13(18)16-6-7-17(12)14(19)11-5-3-4-10(11)8-15;/h9-12H,3-8,15H2,1-2H3,(H,16,18);1H/t10-,11-,12?;/m1./s1. The highest BCUT2D eigenvalue weighted by Gasteiger charge is 2.41. The molecule has 1 saturated carbocycles. The maximum Gasteiger partial charge on any atom is 0.243 e. The summed E-state index contributed by atoms with van der Waals surface area (Å²) in [5, 5.41) is 2.86. The zero-order valence-corrected chi connectivity index (χ0v) is 13.1. The van der Waals surface area contributed by atoms with Gasteiger partial charge in [0.1, 0.15) is 6.04 Å². The van der Waals surface area contributed by atoms with Crippen molar-refractivity contribution in [3.63, 3.8) is 0 Å². The van der Waals surface area contributed by atoms with Crippen molar-refractivity contribution in [3.8, 4) is 0 Å². The summed E-state index contributed by atoms with van der Waals surface area (Å²) >= 11 is 0. The molecule has 1 heterocycles. The van der Waals surface area contributed by atoms with E-state index in [1.54, 1.807) is 4.90 Å². The zero-order chi connectivity index (χ0) is 14.0. The first-order valence-electron chi connectivity index (χ1n) is 7.34. The Labute approximate surface area is 127 Å². The lowest BCUT2D eigenvalue weighted by atomic mass is 9.91. The predicted molar refractivity (Wildman–Crippen MR) is 80.5 cm³/mol. The summed E-state index contributed by atoms with van der Waals surface area (Å²) < 4.78 is 0. The van der Waals surface area contributed by atoms with E-state index in [9.17, 15) is 9.59 Å². The first-order valence-corrected chi connectivity index (χ1v) is 7.34. The molecule has 2 aliphatic rings. The number of carbonyl (C=O) groups is 2. The van der Waals surface area contributed by atoms with Gasteiger partial charge in [0.2, 0.25) is 11.8 Å². The average molecular weight is 304 g/mol. The molecule has 116 valence electrons. The number of nitrogens with zero attached hydrogens (tertiary/aromatic N) is 1. The Kier molecular flexibility index (Phi) is 6.27. The normalized spacial score (nSPS) is 30.1. The third kappa shape index (κ3) is 3.26. The molecular weight excluding hydrogens is 278 g/mol. The van der Waals surface area contributed by atoms with Gasteiger partial charge >= 0.3 is 0 Å². The number of nitrogens with two attached hydrogens (primary N) is 1. The summed E-state index contributed by atoms with van der Waals surface area (Å²) in [6, 6.07) is -0.319. The minimum Gasteiger partial charge on any atom is -0.353 e. The van der Waals surface area contributed by atoms with E-state index >= 15 is 0 Å². The van der Waals surface area contributed by atoms with Crippen LogP contribution in [0, 0.1) is 17.8 Å². The first-order chi connectivity index (χ1) is 9.06. The number of hydrogen-bond acceptors (Lipinski definition) is 3. The molecule has 3 atom stereocenters. The van der Waals surface area contributed by atoms with Crippen LogP contribution in [0.1, 0.15) is 33.1 Å². The van der Waals surface area contributed by atoms with Crippen LogP contribution in [-0.4, -0.2) is 42.4 Å². The molecule has 20 heavy (non-hydrogen) atoms. The summed E-state index contributed by atoms with van der Waals surface area (Å²) in [6.45, 7) is 5.74. The van der Waals surface area contributed by atoms with Gasteiger partial charge in [0.05, 0.1) is 0 Å². The molecule has 0 aromatic heterocycles. The van der Waals surface area contributed by atoms with Crippen molar-refractivity contribution in [1.82, 2.24) is 10.2 Å². The lowest BCUT2D eigenvalue weighted by molar-refractivity contribution is -0.148. The smallest absolute Gasteiger partial charge is 0.243 e. The van der Waals surface area contributed by atoms with Crippen molar-refractivity contribution >= 4 is 24.2 Å². The van der Waals surface area contributed by atoms with Crippen LogP contribution >= 0.6 is 12.4 Å². The fourth-order valence-electron chi connectivity index (χ4n) is 3.45. The molecule has 0 aromatic carbocycles. The molecular formula is C14H26ClN3O2. The molecule has 0 aromatic rings. The highest BCUT2D eigenvalue weighted by Crippen LogP contribution is 2.33. The van der Waals surface area contributed by atoms with Gasteiger partial charge in [0, 0.05) is 19.0 Å². The Hall–Kier alpha value is -0.810. The molecule has 2 fully saturated rings. The topological polar surface area (TPSA) is 75.4 Å². The molecule has 0 bridgehead atoms. The van der Waals surface area contributed by atoms with E-state index in [-0.39, 0.29) is 42.1 Å². The van der Waals surface area contributed by atoms with Gasteiger partial charge in [0.25, 0.3) is 0 Å². The maximum atomic E-state index is 12.7. The quantitative estimate of drug-likeness (QED) is 0.808. The molecule has 6 heteroatoms. The highest BCUT2D eigenvalue weighted by atomic mass is 35.5. The Balaban J connectivity index is 0.00000200. The molecule has 2 amide bonds. The summed E-state index contributed by atoms with van der Waals surface area (Å²) in [5.74, 6) is 0.586. The van der Waals surface area contributed by atoms with Crippen molar-refractivity contribution in [2.45, 2.75) is 39.2 Å². The van der Waals surface area contributed by atoms with Crippen LogP contribution in [0.15, 0.2) is 0 Å². The molecule has 1 saturated heterocycles. The van der Waals surface area contributed by atoms with Gasteiger partial charge < -0.3 is 16.0 Å². The second-order valence-electron chi connectivity index (χ2n) is 6.04. The van der Waals surface area contributed by atoms with E-state index in [0.717, 1.165) is 19.3 Å². The second kappa shape index (κ2) is 7.27. The van der Waals surface area contributed by atoms with E-state index < -0.39 is 0 Å². The van der Waals surface area contributed by atoms with Crippen molar-refractivity contribution in [1.29, 1.82) is 0 Å². The van der Waals surface area contributed by atoms with Gasteiger partial charge in [-0.25, -0.2) is 0 Å². The molecule has 1 unspecified atom stereocenters. The number of amides is 2. The number of rotatable bonds is 3. The number of piperazine rings is 1. The molecule has 2 rings (SSSR count). The fraction of sp³-hybridized carbons (Fsp3) is 0.857. The van der Waals surface area contributed by atoms with Crippen LogP contribution in [0.4, 0.5) is 0 Å². The third-order valence-corrected chi connectivity index (χ3v) is 4.45. The van der Waals surface area contributed by atoms with E-state index in [1.807, 2.05) is 13.8 Å². The zero-order valence-electron chi connectivity index (χ0n) is 12.3. The Morgan fingerprint density at radius 3 is 2.75 bits per heavy atom. The Morgan fingerprint density at radius 1 is 1.45 bits per heavy atom. The van der Waals surface area contributed by atoms with E-state index in [2.05, 4.69) is 5.32 Å². The van der Waals surface area contributed by atoms with Gasteiger partial charge in [-0.3, -0.25) is 9.59 Å². The number of hydrogen-bond donors (Lipinski definition) is 2. The Bertz CT molecular complexity index is 362. The minimum atomic E-state index is -0.319. The van der Waals surface area contributed by atoms with Crippen molar-refractivity contribution in [2.75, 3.05) is 19.6 Å². The van der Waals surface area contributed by atoms with Gasteiger partial charge in [-0.05, 0) is 31.2 Å². The van der Waals surface area contributed by atoms with Crippen LogP contribution < -0.4 is 11.1 Å². The molecule has 1 aliphatic heterocycles. The number of halogens is 1.